The second kappa shape index (κ2) is 7.54. The predicted molar refractivity (Wildman–Crippen MR) is 92.1 cm³/mol. The standard InChI is InChI=1S/C19H21F3N2O4/c1-2-24-16(26)12-18(17(24)27,11-15(25)23-6-8-28-9-7-23)13-4-3-5-14(10-13)19(20,21)22/h3-5,10H,2,6-9,11-12H2,1H3. The third-order valence-corrected chi connectivity index (χ3v) is 5.28. The van der Waals surface area contributed by atoms with E-state index in [9.17, 15) is 27.6 Å². The Bertz CT molecular complexity index is 790. The number of benzene rings is 1. The minimum Gasteiger partial charge on any atom is -0.378 e. The highest BCUT2D eigenvalue weighted by Crippen LogP contribution is 2.42. The van der Waals surface area contributed by atoms with Crippen LogP contribution in [0.1, 0.15) is 30.9 Å². The van der Waals surface area contributed by atoms with Gasteiger partial charge in [-0.3, -0.25) is 19.3 Å². The molecule has 1 aromatic carbocycles. The number of amides is 3. The van der Waals surface area contributed by atoms with Crippen LogP contribution in [0.15, 0.2) is 24.3 Å². The lowest BCUT2D eigenvalue weighted by atomic mass is 9.75. The van der Waals surface area contributed by atoms with E-state index in [2.05, 4.69) is 0 Å². The normalized spacial score (nSPS) is 23.4. The molecule has 1 aromatic rings. The number of ether oxygens (including phenoxy) is 1. The van der Waals surface area contributed by atoms with E-state index in [0.29, 0.717) is 26.3 Å². The second-order valence-corrected chi connectivity index (χ2v) is 6.95. The maximum absolute atomic E-state index is 13.2. The highest BCUT2D eigenvalue weighted by molar-refractivity contribution is 6.10. The van der Waals surface area contributed by atoms with Crippen LogP contribution in [-0.2, 0) is 30.7 Å². The zero-order chi connectivity index (χ0) is 20.5. The first-order valence-corrected chi connectivity index (χ1v) is 9.07. The number of nitrogens with zero attached hydrogens (tertiary/aromatic N) is 2. The van der Waals surface area contributed by atoms with Gasteiger partial charge in [-0.15, -0.1) is 0 Å². The zero-order valence-corrected chi connectivity index (χ0v) is 15.4. The molecule has 0 radical (unpaired) electrons. The van der Waals surface area contributed by atoms with E-state index in [-0.39, 0.29) is 30.9 Å². The Morgan fingerprint density at radius 1 is 1.21 bits per heavy atom. The monoisotopic (exact) mass is 398 g/mol. The Morgan fingerprint density at radius 3 is 2.46 bits per heavy atom. The molecule has 2 aliphatic rings. The summed E-state index contributed by atoms with van der Waals surface area (Å²) in [4.78, 5) is 40.8. The Morgan fingerprint density at radius 2 is 1.89 bits per heavy atom. The lowest BCUT2D eigenvalue weighted by Crippen LogP contribution is -2.46. The molecule has 0 saturated carbocycles. The van der Waals surface area contributed by atoms with Crippen LogP contribution in [-0.4, -0.2) is 60.4 Å². The van der Waals surface area contributed by atoms with Crippen molar-refractivity contribution in [2.24, 2.45) is 0 Å². The van der Waals surface area contributed by atoms with Gasteiger partial charge >= 0.3 is 6.18 Å². The number of carbonyl (C=O) groups is 3. The molecule has 152 valence electrons. The van der Waals surface area contributed by atoms with Crippen LogP contribution >= 0.6 is 0 Å². The van der Waals surface area contributed by atoms with Gasteiger partial charge in [0.15, 0.2) is 0 Å². The summed E-state index contributed by atoms with van der Waals surface area (Å²) < 4.78 is 44.8. The summed E-state index contributed by atoms with van der Waals surface area (Å²) in [5.74, 6) is -1.49. The van der Waals surface area contributed by atoms with Crippen LogP contribution < -0.4 is 0 Å². The lowest BCUT2D eigenvalue weighted by molar-refractivity contribution is -0.144. The van der Waals surface area contributed by atoms with Crippen molar-refractivity contribution >= 4 is 17.7 Å². The molecule has 0 aromatic heterocycles. The van der Waals surface area contributed by atoms with Gasteiger partial charge in [-0.05, 0) is 18.6 Å². The zero-order valence-electron chi connectivity index (χ0n) is 15.4. The molecule has 3 rings (SSSR count). The van der Waals surface area contributed by atoms with Crippen LogP contribution in [0.2, 0.25) is 0 Å². The predicted octanol–water partition coefficient (Wildman–Crippen LogP) is 1.97. The number of hydrogen-bond acceptors (Lipinski definition) is 4. The molecular weight excluding hydrogens is 377 g/mol. The fourth-order valence-corrected chi connectivity index (χ4v) is 3.76. The van der Waals surface area contributed by atoms with Crippen molar-refractivity contribution in [1.82, 2.24) is 9.80 Å². The number of hydrogen-bond donors (Lipinski definition) is 0. The Kier molecular flexibility index (Phi) is 5.47. The van der Waals surface area contributed by atoms with Gasteiger partial charge in [0.1, 0.15) is 0 Å². The first-order valence-electron chi connectivity index (χ1n) is 9.07. The molecule has 2 saturated heterocycles. The first-order chi connectivity index (χ1) is 13.2. The molecule has 2 fully saturated rings. The molecule has 1 atom stereocenters. The number of likely N-dealkylation sites (N-methyl/N-ethyl adjacent to an activating group) is 1. The first kappa shape index (κ1) is 20.3. The van der Waals surface area contributed by atoms with E-state index < -0.39 is 29.0 Å². The number of likely N-dealkylation sites (tertiary alicyclic amines) is 1. The van der Waals surface area contributed by atoms with Crippen LogP contribution in [0.25, 0.3) is 0 Å². The molecular formula is C19H21F3N2O4. The number of morpholine rings is 1. The molecule has 0 spiro atoms. The topological polar surface area (TPSA) is 66.9 Å². The van der Waals surface area contributed by atoms with Crippen LogP contribution in [0.3, 0.4) is 0 Å². The summed E-state index contributed by atoms with van der Waals surface area (Å²) in [7, 11) is 0. The molecule has 9 heteroatoms. The second-order valence-electron chi connectivity index (χ2n) is 6.95. The van der Waals surface area contributed by atoms with E-state index in [1.807, 2.05) is 0 Å². The maximum atomic E-state index is 13.2. The quantitative estimate of drug-likeness (QED) is 0.728. The van der Waals surface area contributed by atoms with Crippen molar-refractivity contribution in [1.29, 1.82) is 0 Å². The summed E-state index contributed by atoms with van der Waals surface area (Å²) in [5, 5.41) is 0. The minimum atomic E-state index is -4.60. The number of alkyl halides is 3. The number of halogens is 3. The van der Waals surface area contributed by atoms with Crippen molar-refractivity contribution in [2.45, 2.75) is 31.4 Å². The summed E-state index contributed by atoms with van der Waals surface area (Å²) in [6.45, 7) is 3.12. The van der Waals surface area contributed by atoms with Crippen molar-refractivity contribution < 1.29 is 32.3 Å². The average Bonchev–Trinajstić information content (AvgIpc) is 2.92. The third-order valence-electron chi connectivity index (χ3n) is 5.28. The van der Waals surface area contributed by atoms with Crippen molar-refractivity contribution in [3.63, 3.8) is 0 Å². The van der Waals surface area contributed by atoms with Crippen LogP contribution in [0, 0.1) is 0 Å². The van der Waals surface area contributed by atoms with Gasteiger partial charge in [0.25, 0.3) is 0 Å². The molecule has 1 unspecified atom stereocenters. The third kappa shape index (κ3) is 3.63. The fourth-order valence-electron chi connectivity index (χ4n) is 3.76. The maximum Gasteiger partial charge on any atom is 0.416 e. The SMILES string of the molecule is CCN1C(=O)CC(CC(=O)N2CCOCC2)(c2cccc(C(F)(F)F)c2)C1=O. The molecule has 2 aliphatic heterocycles. The van der Waals surface area contributed by atoms with Gasteiger partial charge in [-0.25, -0.2) is 0 Å². The minimum absolute atomic E-state index is 0.0400. The molecule has 0 bridgehead atoms. The number of carbonyl (C=O) groups excluding carboxylic acids is 3. The Labute approximate surface area is 160 Å². The molecule has 28 heavy (non-hydrogen) atoms. The van der Waals surface area contributed by atoms with Crippen molar-refractivity contribution in [2.75, 3.05) is 32.8 Å². The Hall–Kier alpha value is -2.42. The summed E-state index contributed by atoms with van der Waals surface area (Å²) in [5.41, 5.74) is -2.50. The van der Waals surface area contributed by atoms with Crippen LogP contribution in [0.4, 0.5) is 13.2 Å². The van der Waals surface area contributed by atoms with Gasteiger partial charge in [-0.2, -0.15) is 13.2 Å². The van der Waals surface area contributed by atoms with Crippen molar-refractivity contribution in [3.05, 3.63) is 35.4 Å². The fraction of sp³-hybridized carbons (Fsp3) is 0.526. The summed E-state index contributed by atoms with van der Waals surface area (Å²) in [6, 6.07) is 4.36. The largest absolute Gasteiger partial charge is 0.416 e. The molecule has 2 heterocycles. The van der Waals surface area contributed by atoms with Crippen LogP contribution in [0.5, 0.6) is 0 Å². The number of imide groups is 1. The summed E-state index contributed by atoms with van der Waals surface area (Å²) >= 11 is 0. The Balaban J connectivity index is 2.02. The van der Waals surface area contributed by atoms with Gasteiger partial charge in [0.2, 0.25) is 17.7 Å². The van der Waals surface area contributed by atoms with E-state index in [1.165, 1.54) is 17.0 Å². The van der Waals surface area contributed by atoms with E-state index in [0.717, 1.165) is 17.0 Å². The molecule has 6 nitrogen and oxygen atoms in total. The van der Waals surface area contributed by atoms with Gasteiger partial charge in [-0.1, -0.05) is 18.2 Å². The highest BCUT2D eigenvalue weighted by atomic mass is 19.4. The lowest BCUT2D eigenvalue weighted by Gasteiger charge is -2.32. The smallest absolute Gasteiger partial charge is 0.378 e. The van der Waals surface area contributed by atoms with Gasteiger partial charge in [0.05, 0.1) is 24.2 Å². The van der Waals surface area contributed by atoms with E-state index >= 15 is 0 Å². The van der Waals surface area contributed by atoms with Crippen molar-refractivity contribution in [3.8, 4) is 0 Å². The van der Waals surface area contributed by atoms with E-state index in [4.69, 9.17) is 4.74 Å². The molecule has 0 N–H and O–H groups in total. The summed E-state index contributed by atoms with van der Waals surface area (Å²) in [6.07, 6.45) is -5.27. The average molecular weight is 398 g/mol. The molecule has 3 amide bonds. The van der Waals surface area contributed by atoms with Gasteiger partial charge in [0, 0.05) is 32.5 Å². The highest BCUT2D eigenvalue weighted by Gasteiger charge is 2.54. The van der Waals surface area contributed by atoms with E-state index in [1.54, 1.807) is 6.92 Å². The molecule has 0 aliphatic carbocycles. The number of rotatable bonds is 4. The van der Waals surface area contributed by atoms with Gasteiger partial charge < -0.3 is 9.64 Å².